The summed E-state index contributed by atoms with van der Waals surface area (Å²) in [5.41, 5.74) is 0.904. The zero-order chi connectivity index (χ0) is 15.9. The van der Waals surface area contributed by atoms with Crippen LogP contribution in [0.3, 0.4) is 0 Å². The van der Waals surface area contributed by atoms with Crippen LogP contribution in [-0.2, 0) is 0 Å². The topological polar surface area (TPSA) is 61.4 Å². The van der Waals surface area contributed by atoms with E-state index in [-0.39, 0.29) is 29.9 Å². The SMILES string of the molecule is CC(C)(C)CC(NC(=O)NCCCO)c1ccc(F)cc1. The molecule has 118 valence electrons. The van der Waals surface area contributed by atoms with Crippen molar-refractivity contribution in [2.75, 3.05) is 13.2 Å². The maximum atomic E-state index is 13.0. The minimum Gasteiger partial charge on any atom is -0.396 e. The van der Waals surface area contributed by atoms with Crippen molar-refractivity contribution in [3.8, 4) is 0 Å². The van der Waals surface area contributed by atoms with Gasteiger partial charge in [-0.1, -0.05) is 32.9 Å². The average Bonchev–Trinajstić information content (AvgIpc) is 2.37. The molecule has 1 atom stereocenters. The monoisotopic (exact) mass is 296 g/mol. The second-order valence-electron chi connectivity index (χ2n) is 6.35. The molecule has 1 aromatic rings. The van der Waals surface area contributed by atoms with Crippen LogP contribution in [0.1, 0.15) is 45.2 Å². The van der Waals surface area contributed by atoms with Crippen molar-refractivity contribution >= 4 is 6.03 Å². The lowest BCUT2D eigenvalue weighted by Crippen LogP contribution is -2.39. The van der Waals surface area contributed by atoms with Gasteiger partial charge in [-0.25, -0.2) is 9.18 Å². The van der Waals surface area contributed by atoms with Crippen LogP contribution in [0.2, 0.25) is 0 Å². The summed E-state index contributed by atoms with van der Waals surface area (Å²) in [4.78, 5) is 11.9. The van der Waals surface area contributed by atoms with Gasteiger partial charge in [0.05, 0.1) is 6.04 Å². The van der Waals surface area contributed by atoms with Crippen LogP contribution in [0.4, 0.5) is 9.18 Å². The number of nitrogens with one attached hydrogen (secondary N) is 2. The molecule has 2 amide bonds. The number of carbonyl (C=O) groups excluding carboxylic acids is 1. The molecule has 0 radical (unpaired) electrons. The van der Waals surface area contributed by atoms with Gasteiger partial charge in [0.2, 0.25) is 0 Å². The second-order valence-corrected chi connectivity index (χ2v) is 6.35. The summed E-state index contributed by atoms with van der Waals surface area (Å²) in [7, 11) is 0. The summed E-state index contributed by atoms with van der Waals surface area (Å²) in [6.07, 6.45) is 1.26. The number of urea groups is 1. The Morgan fingerprint density at radius 3 is 2.43 bits per heavy atom. The molecule has 0 bridgehead atoms. The van der Waals surface area contributed by atoms with Gasteiger partial charge in [0.1, 0.15) is 5.82 Å². The fourth-order valence-electron chi connectivity index (χ4n) is 2.05. The second kappa shape index (κ2) is 7.98. The van der Waals surface area contributed by atoms with Gasteiger partial charge in [0.25, 0.3) is 0 Å². The van der Waals surface area contributed by atoms with Gasteiger partial charge in [0, 0.05) is 13.2 Å². The molecule has 0 heterocycles. The van der Waals surface area contributed by atoms with Crippen molar-refractivity contribution in [2.45, 2.75) is 39.7 Å². The smallest absolute Gasteiger partial charge is 0.315 e. The van der Waals surface area contributed by atoms with E-state index in [9.17, 15) is 9.18 Å². The lowest BCUT2D eigenvalue weighted by atomic mass is 9.85. The van der Waals surface area contributed by atoms with Gasteiger partial charge in [0.15, 0.2) is 0 Å². The molecule has 5 heteroatoms. The number of amides is 2. The van der Waals surface area contributed by atoms with Crippen molar-refractivity contribution in [3.63, 3.8) is 0 Å². The summed E-state index contributed by atoms with van der Waals surface area (Å²) in [5, 5.41) is 14.3. The summed E-state index contributed by atoms with van der Waals surface area (Å²) >= 11 is 0. The molecule has 21 heavy (non-hydrogen) atoms. The third kappa shape index (κ3) is 7.09. The first-order valence-electron chi connectivity index (χ1n) is 7.22. The molecule has 0 saturated carbocycles. The number of halogens is 1. The third-order valence-corrected chi connectivity index (χ3v) is 3.01. The van der Waals surface area contributed by atoms with Crippen molar-refractivity contribution in [2.24, 2.45) is 5.41 Å². The van der Waals surface area contributed by atoms with Crippen LogP contribution in [0.15, 0.2) is 24.3 Å². The lowest BCUT2D eigenvalue weighted by Gasteiger charge is -2.27. The first-order valence-corrected chi connectivity index (χ1v) is 7.22. The fourth-order valence-corrected chi connectivity index (χ4v) is 2.05. The van der Waals surface area contributed by atoms with E-state index in [1.165, 1.54) is 12.1 Å². The Morgan fingerprint density at radius 1 is 1.29 bits per heavy atom. The predicted molar refractivity (Wildman–Crippen MR) is 81.5 cm³/mol. The van der Waals surface area contributed by atoms with E-state index in [1.54, 1.807) is 12.1 Å². The molecule has 1 unspecified atom stereocenters. The van der Waals surface area contributed by atoms with E-state index in [0.717, 1.165) is 12.0 Å². The lowest BCUT2D eigenvalue weighted by molar-refractivity contribution is 0.228. The van der Waals surface area contributed by atoms with Crippen molar-refractivity contribution in [1.29, 1.82) is 0 Å². The van der Waals surface area contributed by atoms with Crippen LogP contribution in [0.25, 0.3) is 0 Å². The number of benzene rings is 1. The molecule has 0 spiro atoms. The minimum atomic E-state index is -0.291. The maximum absolute atomic E-state index is 13.0. The summed E-state index contributed by atoms with van der Waals surface area (Å²) in [6, 6.07) is 5.73. The molecular formula is C16H25FN2O2. The highest BCUT2D eigenvalue weighted by Gasteiger charge is 2.21. The number of hydrogen-bond acceptors (Lipinski definition) is 2. The number of hydrogen-bond donors (Lipinski definition) is 3. The van der Waals surface area contributed by atoms with Gasteiger partial charge in [-0.2, -0.15) is 0 Å². The van der Waals surface area contributed by atoms with Crippen molar-refractivity contribution in [3.05, 3.63) is 35.6 Å². The number of aliphatic hydroxyl groups is 1. The van der Waals surface area contributed by atoms with E-state index in [1.807, 2.05) is 0 Å². The molecule has 4 nitrogen and oxygen atoms in total. The van der Waals surface area contributed by atoms with Gasteiger partial charge < -0.3 is 15.7 Å². The van der Waals surface area contributed by atoms with Gasteiger partial charge in [-0.15, -0.1) is 0 Å². The molecule has 0 aliphatic rings. The normalized spacial score (nSPS) is 12.8. The Labute approximate surface area is 125 Å². The van der Waals surface area contributed by atoms with E-state index >= 15 is 0 Å². The summed E-state index contributed by atoms with van der Waals surface area (Å²) in [6.45, 7) is 6.75. The van der Waals surface area contributed by atoms with E-state index in [0.29, 0.717) is 13.0 Å². The Morgan fingerprint density at radius 2 is 1.90 bits per heavy atom. The summed E-state index contributed by atoms with van der Waals surface area (Å²) < 4.78 is 13.0. The van der Waals surface area contributed by atoms with Crippen LogP contribution in [0.5, 0.6) is 0 Å². The highest BCUT2D eigenvalue weighted by atomic mass is 19.1. The zero-order valence-electron chi connectivity index (χ0n) is 12.9. The molecule has 1 rings (SSSR count). The maximum Gasteiger partial charge on any atom is 0.315 e. The highest BCUT2D eigenvalue weighted by Crippen LogP contribution is 2.29. The summed E-state index contributed by atoms with van der Waals surface area (Å²) in [5.74, 6) is -0.291. The van der Waals surface area contributed by atoms with Crippen molar-refractivity contribution in [1.82, 2.24) is 10.6 Å². The predicted octanol–water partition coefficient (Wildman–Crippen LogP) is 2.98. The molecule has 0 aromatic heterocycles. The Kier molecular flexibility index (Phi) is 6.62. The minimum absolute atomic E-state index is 0.0252. The first-order chi connectivity index (χ1) is 9.81. The van der Waals surface area contributed by atoms with Crippen LogP contribution < -0.4 is 10.6 Å². The van der Waals surface area contributed by atoms with E-state index in [4.69, 9.17) is 5.11 Å². The number of aliphatic hydroxyl groups excluding tert-OH is 1. The van der Waals surface area contributed by atoms with Crippen LogP contribution in [0, 0.1) is 11.2 Å². The van der Waals surface area contributed by atoms with Crippen LogP contribution >= 0.6 is 0 Å². The largest absolute Gasteiger partial charge is 0.396 e. The first kappa shape index (κ1) is 17.4. The van der Waals surface area contributed by atoms with E-state index in [2.05, 4.69) is 31.4 Å². The number of rotatable bonds is 6. The van der Waals surface area contributed by atoms with E-state index < -0.39 is 0 Å². The van der Waals surface area contributed by atoms with Gasteiger partial charge in [-0.05, 0) is 36.0 Å². The molecule has 0 aliphatic carbocycles. The molecule has 1 aromatic carbocycles. The number of carbonyl (C=O) groups is 1. The molecule has 0 saturated heterocycles. The van der Waals surface area contributed by atoms with Gasteiger partial charge >= 0.3 is 6.03 Å². The third-order valence-electron chi connectivity index (χ3n) is 3.01. The standard InChI is InChI=1S/C16H25FN2O2/c1-16(2,3)11-14(12-5-7-13(17)8-6-12)19-15(21)18-9-4-10-20/h5-8,14,20H,4,9-11H2,1-3H3,(H2,18,19,21). The van der Waals surface area contributed by atoms with Crippen LogP contribution in [-0.4, -0.2) is 24.3 Å². The molecule has 0 aliphatic heterocycles. The Hall–Kier alpha value is -1.62. The molecule has 3 N–H and O–H groups in total. The van der Waals surface area contributed by atoms with Crippen molar-refractivity contribution < 1.29 is 14.3 Å². The highest BCUT2D eigenvalue weighted by molar-refractivity contribution is 5.74. The average molecular weight is 296 g/mol. The van der Waals surface area contributed by atoms with Gasteiger partial charge in [-0.3, -0.25) is 0 Å². The Bertz CT molecular complexity index is 441. The molecular weight excluding hydrogens is 271 g/mol. The molecule has 0 fully saturated rings. The fraction of sp³-hybridized carbons (Fsp3) is 0.562. The quantitative estimate of drug-likeness (QED) is 0.707. The zero-order valence-corrected chi connectivity index (χ0v) is 12.9. The Balaban J connectivity index is 2.73.